The van der Waals surface area contributed by atoms with Crippen molar-refractivity contribution in [1.82, 2.24) is 0 Å². The average Bonchev–Trinajstić information content (AvgIpc) is 2.67. The molecule has 0 aromatic heterocycles. The normalized spacial score (nSPS) is 16.0. The molecule has 0 bridgehead atoms. The van der Waals surface area contributed by atoms with E-state index in [1.165, 1.54) is 12.2 Å². The van der Waals surface area contributed by atoms with Gasteiger partial charge in [0.15, 0.2) is 6.29 Å². The highest BCUT2D eigenvalue weighted by atomic mass is 16.6. The third-order valence-electron chi connectivity index (χ3n) is 4.65. The third kappa shape index (κ3) is 12.8. The second-order valence-electron chi connectivity index (χ2n) is 7.02. The van der Waals surface area contributed by atoms with E-state index in [4.69, 9.17) is 0 Å². The standard InChI is InChI=1S/C20H33N2O7/c1-2-3-4-5-6-7-12-17(21(26)27)19(24)14-8-9-15-20(25)18(22(28)29)13-10-11-16-23/h6-9,17-20,24-25H,2-5,10-15H2,1H3/b7-6-,9-8-. The Hall–Kier alpha value is -2.13. The largest absolute Gasteiger partial charge is 0.386 e. The van der Waals surface area contributed by atoms with Crippen LogP contribution < -0.4 is 0 Å². The van der Waals surface area contributed by atoms with Crippen molar-refractivity contribution in [2.24, 2.45) is 0 Å². The van der Waals surface area contributed by atoms with Gasteiger partial charge in [0.2, 0.25) is 12.1 Å². The van der Waals surface area contributed by atoms with Crippen molar-refractivity contribution < 1.29 is 24.9 Å². The minimum absolute atomic E-state index is 0.0103. The lowest BCUT2D eigenvalue weighted by molar-refractivity contribution is -0.535. The predicted molar refractivity (Wildman–Crippen MR) is 109 cm³/mol. The maximum absolute atomic E-state index is 11.2. The fourth-order valence-corrected chi connectivity index (χ4v) is 2.86. The minimum atomic E-state index is -1.23. The van der Waals surface area contributed by atoms with Crippen LogP contribution in [0.1, 0.15) is 71.1 Å². The van der Waals surface area contributed by atoms with Crippen LogP contribution >= 0.6 is 0 Å². The van der Waals surface area contributed by atoms with Crippen molar-refractivity contribution in [3.05, 3.63) is 44.5 Å². The second-order valence-corrected chi connectivity index (χ2v) is 7.02. The van der Waals surface area contributed by atoms with Crippen molar-refractivity contribution in [2.45, 2.75) is 95.4 Å². The minimum Gasteiger partial charge on any atom is -0.386 e. The van der Waals surface area contributed by atoms with E-state index < -0.39 is 34.1 Å². The van der Waals surface area contributed by atoms with E-state index >= 15 is 0 Å². The molecule has 0 spiro atoms. The first kappa shape index (κ1) is 26.9. The van der Waals surface area contributed by atoms with Gasteiger partial charge >= 0.3 is 0 Å². The van der Waals surface area contributed by atoms with E-state index in [0.717, 1.165) is 25.7 Å². The van der Waals surface area contributed by atoms with Crippen molar-refractivity contribution in [1.29, 1.82) is 0 Å². The Labute approximate surface area is 171 Å². The molecular weight excluding hydrogens is 380 g/mol. The molecule has 0 aliphatic carbocycles. The molecule has 9 nitrogen and oxygen atoms in total. The monoisotopic (exact) mass is 413 g/mol. The van der Waals surface area contributed by atoms with E-state index in [9.17, 15) is 35.2 Å². The van der Waals surface area contributed by atoms with Crippen LogP contribution in [0.15, 0.2) is 24.3 Å². The van der Waals surface area contributed by atoms with Gasteiger partial charge in [-0.15, -0.1) is 0 Å². The Balaban J connectivity index is 4.48. The van der Waals surface area contributed by atoms with Gasteiger partial charge in [0, 0.05) is 29.1 Å². The fourth-order valence-electron chi connectivity index (χ4n) is 2.86. The van der Waals surface area contributed by atoms with Gasteiger partial charge < -0.3 is 10.2 Å². The SMILES string of the molecule is CCCCC/C=C\CC(C(O)C/C=C\CC(O)C(CCC[C]=O)[N+](=O)[O-])[N+](=O)[O-]. The Kier molecular flexibility index (Phi) is 15.6. The summed E-state index contributed by atoms with van der Waals surface area (Å²) >= 11 is 0. The lowest BCUT2D eigenvalue weighted by Crippen LogP contribution is -2.33. The van der Waals surface area contributed by atoms with Crippen LogP contribution in [0, 0.1) is 20.2 Å². The molecule has 0 heterocycles. The lowest BCUT2D eigenvalue weighted by Gasteiger charge is -2.14. The average molecular weight is 413 g/mol. The molecule has 0 aromatic carbocycles. The summed E-state index contributed by atoms with van der Waals surface area (Å²) in [6, 6.07) is -2.32. The number of hydrogen-bond donors (Lipinski definition) is 2. The number of aliphatic hydroxyl groups excluding tert-OH is 2. The second kappa shape index (κ2) is 16.8. The van der Waals surface area contributed by atoms with Gasteiger partial charge in [0.1, 0.15) is 12.2 Å². The highest BCUT2D eigenvalue weighted by molar-refractivity contribution is 5.50. The molecule has 0 saturated heterocycles. The molecule has 2 N–H and O–H groups in total. The van der Waals surface area contributed by atoms with E-state index in [-0.39, 0.29) is 38.5 Å². The number of unbranched alkanes of at least 4 members (excludes halogenated alkanes) is 4. The molecule has 9 heteroatoms. The zero-order valence-electron chi connectivity index (χ0n) is 17.0. The quantitative estimate of drug-likeness (QED) is 0.152. The molecule has 165 valence electrons. The van der Waals surface area contributed by atoms with Crippen molar-refractivity contribution >= 4 is 6.29 Å². The first-order chi connectivity index (χ1) is 13.8. The Morgan fingerprint density at radius 1 is 0.862 bits per heavy atom. The first-order valence-corrected chi connectivity index (χ1v) is 10.1. The Bertz CT molecular complexity index is 537. The molecule has 0 aliphatic rings. The summed E-state index contributed by atoms with van der Waals surface area (Å²) in [6.45, 7) is 2.10. The molecule has 0 fully saturated rings. The summed E-state index contributed by atoms with van der Waals surface area (Å²) in [6.07, 6.45) is 10.5. The predicted octanol–water partition coefficient (Wildman–Crippen LogP) is 3.14. The number of nitro groups is 2. The summed E-state index contributed by atoms with van der Waals surface area (Å²) in [7, 11) is 0. The molecule has 0 aromatic rings. The Morgan fingerprint density at radius 2 is 1.41 bits per heavy atom. The highest BCUT2D eigenvalue weighted by Crippen LogP contribution is 2.14. The van der Waals surface area contributed by atoms with Gasteiger partial charge in [-0.3, -0.25) is 25.0 Å². The number of nitrogens with zero attached hydrogens (tertiary/aromatic N) is 2. The maximum Gasteiger partial charge on any atom is 0.242 e. The van der Waals surface area contributed by atoms with Crippen LogP contribution in [-0.4, -0.2) is 50.6 Å². The molecule has 0 rings (SSSR count). The molecule has 1 radical (unpaired) electrons. The summed E-state index contributed by atoms with van der Waals surface area (Å²) < 4.78 is 0. The molecule has 0 amide bonds. The van der Waals surface area contributed by atoms with Gasteiger partial charge in [0.25, 0.3) is 0 Å². The third-order valence-corrected chi connectivity index (χ3v) is 4.65. The molecule has 0 saturated carbocycles. The zero-order chi connectivity index (χ0) is 22.1. The summed E-state index contributed by atoms with van der Waals surface area (Å²) in [5.41, 5.74) is 0. The molecular formula is C20H33N2O7. The number of hydrogen-bond acceptors (Lipinski definition) is 7. The van der Waals surface area contributed by atoms with Crippen LogP contribution in [0.5, 0.6) is 0 Å². The van der Waals surface area contributed by atoms with Gasteiger partial charge in [-0.1, -0.05) is 44.1 Å². The smallest absolute Gasteiger partial charge is 0.242 e. The number of allylic oxidation sites excluding steroid dienone is 1. The van der Waals surface area contributed by atoms with Crippen molar-refractivity contribution in [3.8, 4) is 0 Å². The van der Waals surface area contributed by atoms with Crippen LogP contribution in [0.25, 0.3) is 0 Å². The number of carbonyl (C=O) groups excluding carboxylic acids is 1. The van der Waals surface area contributed by atoms with Crippen LogP contribution in [0.2, 0.25) is 0 Å². The number of rotatable bonds is 18. The van der Waals surface area contributed by atoms with Crippen molar-refractivity contribution in [3.63, 3.8) is 0 Å². The van der Waals surface area contributed by atoms with E-state index in [0.29, 0.717) is 0 Å². The summed E-state index contributed by atoms with van der Waals surface area (Å²) in [4.78, 5) is 31.3. The van der Waals surface area contributed by atoms with Crippen LogP contribution in [0.3, 0.4) is 0 Å². The summed E-state index contributed by atoms with van der Waals surface area (Å²) in [5.74, 6) is 0. The summed E-state index contributed by atoms with van der Waals surface area (Å²) in [5, 5.41) is 42.3. The number of aliphatic hydroxyl groups is 2. The van der Waals surface area contributed by atoms with E-state index in [1.54, 1.807) is 12.4 Å². The van der Waals surface area contributed by atoms with Gasteiger partial charge in [-0.25, -0.2) is 0 Å². The highest BCUT2D eigenvalue weighted by Gasteiger charge is 2.29. The van der Waals surface area contributed by atoms with Crippen molar-refractivity contribution in [2.75, 3.05) is 0 Å². The Morgan fingerprint density at radius 3 is 1.93 bits per heavy atom. The van der Waals surface area contributed by atoms with E-state index in [1.807, 2.05) is 6.08 Å². The van der Waals surface area contributed by atoms with Crippen LogP contribution in [-0.2, 0) is 4.79 Å². The first-order valence-electron chi connectivity index (χ1n) is 10.1. The van der Waals surface area contributed by atoms with E-state index in [2.05, 4.69) is 6.92 Å². The molecule has 4 atom stereocenters. The fraction of sp³-hybridized carbons (Fsp3) is 0.750. The molecule has 29 heavy (non-hydrogen) atoms. The molecule has 4 unspecified atom stereocenters. The topological polar surface area (TPSA) is 144 Å². The van der Waals surface area contributed by atoms with Gasteiger partial charge in [-0.05, 0) is 32.1 Å². The van der Waals surface area contributed by atoms with Gasteiger partial charge in [-0.2, -0.15) is 0 Å². The maximum atomic E-state index is 11.2. The molecule has 0 aliphatic heterocycles. The zero-order valence-corrected chi connectivity index (χ0v) is 17.0. The van der Waals surface area contributed by atoms with Gasteiger partial charge in [0.05, 0.1) is 0 Å². The van der Waals surface area contributed by atoms with Crippen LogP contribution in [0.4, 0.5) is 0 Å². The lowest BCUT2D eigenvalue weighted by atomic mass is 10.0.